The van der Waals surface area contributed by atoms with Crippen molar-refractivity contribution in [3.05, 3.63) is 35.9 Å². The van der Waals surface area contributed by atoms with E-state index >= 15 is 0 Å². The summed E-state index contributed by atoms with van der Waals surface area (Å²) in [5, 5.41) is 48.5. The zero-order valence-electron chi connectivity index (χ0n) is 52.5. The van der Waals surface area contributed by atoms with Gasteiger partial charge in [0.25, 0.3) is 0 Å². The van der Waals surface area contributed by atoms with E-state index in [0.29, 0.717) is 71.4 Å². The number of amides is 11. The van der Waals surface area contributed by atoms with Gasteiger partial charge in [-0.25, -0.2) is 5.90 Å². The quantitative estimate of drug-likeness (QED) is 0.00970. The summed E-state index contributed by atoms with van der Waals surface area (Å²) in [7, 11) is 1.91. The molecule has 528 valence electrons. The summed E-state index contributed by atoms with van der Waals surface area (Å²) >= 11 is 1.13. The minimum Gasteiger partial charge on any atom is -0.481 e. The Morgan fingerprint density at radius 3 is 1.56 bits per heavy atom. The molecule has 2 saturated heterocycles. The van der Waals surface area contributed by atoms with Crippen LogP contribution < -0.4 is 75.4 Å². The van der Waals surface area contributed by atoms with Crippen molar-refractivity contribution >= 4 is 110 Å². The summed E-state index contributed by atoms with van der Waals surface area (Å²) in [5.41, 5.74) is 6.09. The summed E-state index contributed by atoms with van der Waals surface area (Å²) in [6.45, 7) is 3.72. The van der Waals surface area contributed by atoms with Crippen molar-refractivity contribution in [3.8, 4) is 0 Å². The van der Waals surface area contributed by atoms with Gasteiger partial charge in [-0.05, 0) is 44.6 Å². The first-order valence-corrected chi connectivity index (χ1v) is 34.0. The third-order valence-electron chi connectivity index (χ3n) is 13.0. The van der Waals surface area contributed by atoms with Gasteiger partial charge in [-0.3, -0.25) is 67.8 Å². The summed E-state index contributed by atoms with van der Waals surface area (Å²) in [4.78, 5) is 164. The molecule has 2 fully saturated rings. The number of carboxylic acid groups (broad SMARTS) is 1. The van der Waals surface area contributed by atoms with Gasteiger partial charge in [0.2, 0.25) is 65.0 Å². The molecule has 0 aromatic heterocycles. The molecular formula is C56H91N15O20S3. The van der Waals surface area contributed by atoms with Crippen LogP contribution in [0.3, 0.4) is 0 Å². The molecule has 0 unspecified atom stereocenters. The second-order valence-electron chi connectivity index (χ2n) is 20.9. The third kappa shape index (κ3) is 38.3. The van der Waals surface area contributed by atoms with Crippen LogP contribution in [0.4, 0.5) is 0 Å². The number of hydrogen-bond acceptors (Lipinski definition) is 24. The molecule has 0 aliphatic carbocycles. The van der Waals surface area contributed by atoms with Gasteiger partial charge in [0.1, 0.15) is 56.1 Å². The smallest absolute Gasteiger partial charge is 0.305 e. The molecule has 18 N–H and O–H groups in total. The number of aliphatic carboxylic acids is 1. The summed E-state index contributed by atoms with van der Waals surface area (Å²) in [5.74, 6) is -5.63. The van der Waals surface area contributed by atoms with Gasteiger partial charge in [-0.1, -0.05) is 51.9 Å². The third-order valence-corrected chi connectivity index (χ3v) is 16.6. The van der Waals surface area contributed by atoms with Crippen LogP contribution in [0, 0.1) is 5.41 Å². The van der Waals surface area contributed by atoms with E-state index in [9.17, 15) is 62.6 Å². The van der Waals surface area contributed by atoms with Crippen LogP contribution >= 0.6 is 33.3 Å². The number of nitrogens with two attached hydrogens (primary N) is 2. The maximum atomic E-state index is 14.4. The molecule has 2 heterocycles. The molecule has 2 aliphatic heterocycles. The van der Waals surface area contributed by atoms with Gasteiger partial charge in [0.15, 0.2) is 5.96 Å². The topological polar surface area (TPSA) is 510 Å². The van der Waals surface area contributed by atoms with Crippen LogP contribution in [0.5, 0.6) is 0 Å². The molecule has 94 heavy (non-hydrogen) atoms. The molecule has 0 spiro atoms. The minimum atomic E-state index is -1.76. The fourth-order valence-corrected chi connectivity index (χ4v) is 11.5. The van der Waals surface area contributed by atoms with E-state index in [0.717, 1.165) is 33.3 Å². The first kappa shape index (κ1) is 81.1. The molecule has 38 heteroatoms. The largest absolute Gasteiger partial charge is 0.481 e. The lowest BCUT2D eigenvalue weighted by Crippen LogP contribution is -2.59. The Labute approximate surface area is 556 Å². The fraction of sp³-hybridized carbons (Fsp3) is 0.661. The molecule has 3 rings (SSSR count). The minimum absolute atomic E-state index is 0.00263. The molecule has 1 aromatic rings. The number of thioether (sulfide) groups is 1. The number of ether oxygens (including phenoxy) is 6. The second-order valence-corrected chi connectivity index (χ2v) is 24.5. The number of hydrogen-bond donors (Lipinski definition) is 16. The van der Waals surface area contributed by atoms with Gasteiger partial charge in [-0.2, -0.15) is 0 Å². The molecule has 11 amide bonds. The maximum Gasteiger partial charge on any atom is 0.305 e. The van der Waals surface area contributed by atoms with E-state index in [2.05, 4.69) is 68.6 Å². The Bertz CT molecular complexity index is 2560. The van der Waals surface area contributed by atoms with E-state index in [1.807, 2.05) is 0 Å². The van der Waals surface area contributed by atoms with Crippen molar-refractivity contribution < 1.29 is 95.9 Å². The number of rotatable bonds is 37. The number of nitrogens with one attached hydrogen (secondary N) is 13. The number of fused-ring (bicyclic) bond motifs is 5. The lowest BCUT2D eigenvalue weighted by molar-refractivity contribution is -0.141. The highest BCUT2D eigenvalue weighted by Gasteiger charge is 2.34. The number of benzene rings is 1. The number of carboxylic acids is 1. The Kier molecular flexibility index (Phi) is 42.6. The van der Waals surface area contributed by atoms with Gasteiger partial charge in [-0.15, -0.1) is 11.8 Å². The van der Waals surface area contributed by atoms with Gasteiger partial charge >= 0.3 is 5.97 Å². The van der Waals surface area contributed by atoms with Crippen LogP contribution in [0.15, 0.2) is 30.3 Å². The number of carbonyl (C=O) groups is 12. The summed E-state index contributed by atoms with van der Waals surface area (Å²) in [6, 6.07) is -0.420. The molecule has 2 aliphatic rings. The van der Waals surface area contributed by atoms with Gasteiger partial charge in [0.05, 0.1) is 84.8 Å². The molecule has 0 radical (unpaired) electrons. The van der Waals surface area contributed by atoms with Crippen molar-refractivity contribution in [2.45, 2.75) is 94.2 Å². The van der Waals surface area contributed by atoms with E-state index in [1.54, 1.807) is 37.3 Å². The normalized spacial score (nSPS) is 20.8. The molecular weight excluding hydrogens is 1300 g/mol. The van der Waals surface area contributed by atoms with E-state index in [4.69, 9.17) is 45.5 Å². The van der Waals surface area contributed by atoms with E-state index in [-0.39, 0.29) is 106 Å². The molecule has 35 nitrogen and oxygen atoms in total. The van der Waals surface area contributed by atoms with Crippen molar-refractivity contribution in [1.29, 1.82) is 5.41 Å². The van der Waals surface area contributed by atoms with Crippen LogP contribution in [-0.4, -0.2) is 266 Å². The highest BCUT2D eigenvalue weighted by Crippen LogP contribution is 2.24. The summed E-state index contributed by atoms with van der Waals surface area (Å²) in [6.07, 6.45) is -0.351. The average molecular weight is 1390 g/mol. The standard InChI is InChI=1S/C56H91N15O20S3/c1-36-32-92-35-48(76)66-39(10-5-6-12-60-45(73)29-90-30-46(74)61-14-16-85-18-20-87-22-24-89-25-23-88-21-19-86-17-15-62-47(75)31-91-59)51(80)70-42-33-93-94-34-43(55(84)69-40(52(81)65-36)26-37-8-3-2-4-9-37)71-53(82)41(27-49(77)78)67-44(72)28-64-50(79)38(68-54(42)83)11-7-13-63-56(57)58/h2-4,8-9,36,38-43H,5-7,10-35,59H2,1H3,(H,60,73)(H,61,74)(H,62,75)(H,64,79)(H,65,81)(H,66,76)(H,67,72)(H,68,83)(H,69,84)(H,70,80)(H,71,82)(H,77,78)(H4,57,58,63)/t36-,38+,39+,40+,41+,42+,43+/m1/s1. The predicted molar refractivity (Wildman–Crippen MR) is 344 cm³/mol. The Balaban J connectivity index is 1.61. The fourth-order valence-electron chi connectivity index (χ4n) is 8.36. The number of carbonyl (C=O) groups excluding carboxylic acids is 11. The van der Waals surface area contributed by atoms with Crippen LogP contribution in [0.1, 0.15) is 51.0 Å². The number of unbranched alkanes of at least 4 members (excludes halogenated alkanes) is 1. The highest BCUT2D eigenvalue weighted by atomic mass is 33.1. The lowest BCUT2D eigenvalue weighted by atomic mass is 10.0. The van der Waals surface area contributed by atoms with Crippen molar-refractivity contribution in [2.75, 3.05) is 142 Å². The van der Waals surface area contributed by atoms with Crippen LogP contribution in [-0.2, 0) is 97.2 Å². The Hall–Kier alpha value is -7.14. The zero-order valence-corrected chi connectivity index (χ0v) is 55.0. The first-order chi connectivity index (χ1) is 45.2. The number of guanidine groups is 1. The summed E-state index contributed by atoms with van der Waals surface area (Å²) < 4.78 is 32.4. The lowest BCUT2D eigenvalue weighted by Gasteiger charge is -2.26. The monoisotopic (exact) mass is 1390 g/mol. The van der Waals surface area contributed by atoms with Crippen molar-refractivity contribution in [1.82, 2.24) is 63.8 Å². The maximum absolute atomic E-state index is 14.4. The Morgan fingerprint density at radius 2 is 1.01 bits per heavy atom. The van der Waals surface area contributed by atoms with Crippen LogP contribution in [0.2, 0.25) is 0 Å². The Morgan fingerprint density at radius 1 is 0.532 bits per heavy atom. The molecule has 2 bridgehead atoms. The molecule has 1 aromatic carbocycles. The van der Waals surface area contributed by atoms with Crippen molar-refractivity contribution in [3.63, 3.8) is 0 Å². The molecule has 7 atom stereocenters. The van der Waals surface area contributed by atoms with E-state index in [1.165, 1.54) is 0 Å². The van der Waals surface area contributed by atoms with Gasteiger partial charge in [0, 0.05) is 55.9 Å². The van der Waals surface area contributed by atoms with Crippen LogP contribution in [0.25, 0.3) is 0 Å². The zero-order chi connectivity index (χ0) is 68.7. The predicted octanol–water partition coefficient (Wildman–Crippen LogP) is -5.85. The van der Waals surface area contributed by atoms with Crippen molar-refractivity contribution in [2.24, 2.45) is 11.6 Å². The van der Waals surface area contributed by atoms with E-state index < -0.39 is 134 Å². The SMILES string of the molecule is C[C@@H]1CSCC(=O)N[C@@H](CCCCNC(=O)COCC(=O)NCCOCCOCCOCCOCCOCCNC(=O)CON)C(=O)N[C@H]2CSSC[C@H](NC(=O)[C@H](CC(=O)O)NC(=O)CNC(=O)[C@H](CCCNC(=N)N)NC2=O)C(=O)N[C@@H](Cc2ccccc2)C(=O)N1. The molecule has 0 saturated carbocycles. The highest BCUT2D eigenvalue weighted by molar-refractivity contribution is 8.76. The average Bonchev–Trinajstić information content (AvgIpc) is 1.38. The second kappa shape index (κ2) is 49.4. The van der Waals surface area contributed by atoms with Gasteiger partial charge < -0.3 is 103 Å². The first-order valence-electron chi connectivity index (χ1n) is 30.4.